The zero-order valence-electron chi connectivity index (χ0n) is 21.8. The summed E-state index contributed by atoms with van der Waals surface area (Å²) < 4.78 is 11.8. The van der Waals surface area contributed by atoms with Crippen molar-refractivity contribution in [3.05, 3.63) is 131 Å². The molecule has 194 valence electrons. The number of benzene rings is 4. The van der Waals surface area contributed by atoms with Gasteiger partial charge in [-0.15, -0.1) is 0 Å². The second-order valence-corrected chi connectivity index (χ2v) is 9.41. The summed E-state index contributed by atoms with van der Waals surface area (Å²) in [5.74, 6) is 1.58. The van der Waals surface area contributed by atoms with Gasteiger partial charge in [-0.05, 0) is 48.4 Å². The fourth-order valence-electron chi connectivity index (χ4n) is 5.05. The zero-order valence-corrected chi connectivity index (χ0v) is 21.8. The Morgan fingerprint density at radius 3 is 1.89 bits per heavy atom. The molecule has 5 nitrogen and oxygen atoms in total. The molecule has 0 atom stereocenters. The van der Waals surface area contributed by atoms with Gasteiger partial charge in [-0.3, -0.25) is 9.69 Å². The van der Waals surface area contributed by atoms with Gasteiger partial charge < -0.3 is 14.4 Å². The van der Waals surface area contributed by atoms with E-state index in [-0.39, 0.29) is 11.9 Å². The van der Waals surface area contributed by atoms with Gasteiger partial charge >= 0.3 is 0 Å². The third-order valence-electron chi connectivity index (χ3n) is 6.94. The second kappa shape index (κ2) is 12.4. The first-order valence-electron chi connectivity index (χ1n) is 13.3. The number of hydrogen-bond acceptors (Lipinski definition) is 4. The monoisotopic (exact) mass is 506 g/mol. The fraction of sp³-hybridized carbons (Fsp3) is 0.242. The largest absolute Gasteiger partial charge is 0.493 e. The summed E-state index contributed by atoms with van der Waals surface area (Å²) in [6.07, 6.45) is 0. The number of ether oxygens (including phenoxy) is 2. The minimum Gasteiger partial charge on any atom is -0.493 e. The molecule has 1 heterocycles. The Morgan fingerprint density at radius 1 is 0.737 bits per heavy atom. The van der Waals surface area contributed by atoms with E-state index in [1.165, 1.54) is 11.1 Å². The van der Waals surface area contributed by atoms with Crippen molar-refractivity contribution in [1.29, 1.82) is 0 Å². The Balaban J connectivity index is 1.29. The van der Waals surface area contributed by atoms with Crippen LogP contribution in [0.1, 0.15) is 40.0 Å². The molecule has 1 amide bonds. The van der Waals surface area contributed by atoms with E-state index in [2.05, 4.69) is 65.6 Å². The normalized spacial score (nSPS) is 13.9. The van der Waals surface area contributed by atoms with Crippen molar-refractivity contribution in [3.8, 4) is 11.5 Å². The maximum Gasteiger partial charge on any atom is 0.253 e. The highest BCUT2D eigenvalue weighted by molar-refractivity contribution is 5.94. The quantitative estimate of drug-likeness (QED) is 0.271. The number of carbonyl (C=O) groups excluding carboxylic acids is 1. The van der Waals surface area contributed by atoms with E-state index < -0.39 is 0 Å². The predicted octanol–water partition coefficient (Wildman–Crippen LogP) is 6.21. The highest BCUT2D eigenvalue weighted by Gasteiger charge is 2.28. The molecule has 1 saturated heterocycles. The van der Waals surface area contributed by atoms with E-state index in [9.17, 15) is 4.79 Å². The lowest BCUT2D eigenvalue weighted by Gasteiger charge is -2.40. The van der Waals surface area contributed by atoms with Crippen LogP contribution in [0.15, 0.2) is 109 Å². The van der Waals surface area contributed by atoms with Gasteiger partial charge in [0.05, 0.1) is 12.6 Å². The van der Waals surface area contributed by atoms with Crippen LogP contribution >= 0.6 is 0 Å². The molecule has 1 aliphatic heterocycles. The summed E-state index contributed by atoms with van der Waals surface area (Å²) in [7, 11) is 0. The van der Waals surface area contributed by atoms with E-state index in [0.717, 1.165) is 30.2 Å². The Morgan fingerprint density at radius 2 is 1.32 bits per heavy atom. The van der Waals surface area contributed by atoms with Crippen molar-refractivity contribution < 1.29 is 14.3 Å². The minimum absolute atomic E-state index is 0.0460. The Bertz CT molecular complexity index is 1260. The average molecular weight is 507 g/mol. The molecule has 0 bridgehead atoms. The summed E-state index contributed by atoms with van der Waals surface area (Å²) in [6, 6.07) is 36.8. The topological polar surface area (TPSA) is 42.0 Å². The third kappa shape index (κ3) is 6.06. The van der Waals surface area contributed by atoms with Crippen LogP contribution in [0.2, 0.25) is 0 Å². The smallest absolute Gasteiger partial charge is 0.253 e. The van der Waals surface area contributed by atoms with E-state index >= 15 is 0 Å². The summed E-state index contributed by atoms with van der Waals surface area (Å²) in [4.78, 5) is 18.0. The first-order valence-corrected chi connectivity index (χ1v) is 13.3. The predicted molar refractivity (Wildman–Crippen MR) is 151 cm³/mol. The average Bonchev–Trinajstić information content (AvgIpc) is 2.98. The number of rotatable bonds is 9. The molecule has 0 unspecified atom stereocenters. The standard InChI is InChI=1S/C33H34N2O3/c1-2-37-31-19-18-28(24-29(31)25-38-30-16-10-5-11-17-30)33(36)35-22-20-34(21-23-35)32(26-12-6-3-7-13-26)27-14-8-4-9-15-27/h3-19,24,32H,2,20-23,25H2,1H3. The molecular weight excluding hydrogens is 472 g/mol. The summed E-state index contributed by atoms with van der Waals surface area (Å²) in [5, 5.41) is 0. The summed E-state index contributed by atoms with van der Waals surface area (Å²) in [5.41, 5.74) is 4.07. The first kappa shape index (κ1) is 25.6. The van der Waals surface area contributed by atoms with Crippen LogP contribution in [-0.4, -0.2) is 48.5 Å². The van der Waals surface area contributed by atoms with Crippen LogP contribution in [-0.2, 0) is 6.61 Å². The number of nitrogens with zero attached hydrogens (tertiary/aromatic N) is 2. The van der Waals surface area contributed by atoms with Crippen molar-refractivity contribution in [2.45, 2.75) is 19.6 Å². The van der Waals surface area contributed by atoms with Gasteiger partial charge in [0.1, 0.15) is 18.1 Å². The first-order chi connectivity index (χ1) is 18.7. The molecular formula is C33H34N2O3. The van der Waals surface area contributed by atoms with Gasteiger partial charge in [0.15, 0.2) is 0 Å². The third-order valence-corrected chi connectivity index (χ3v) is 6.94. The van der Waals surface area contributed by atoms with Crippen LogP contribution < -0.4 is 9.47 Å². The molecule has 5 heteroatoms. The fourth-order valence-corrected chi connectivity index (χ4v) is 5.05. The SMILES string of the molecule is CCOc1ccc(C(=O)N2CCN(C(c3ccccc3)c3ccccc3)CC2)cc1COc1ccccc1. The molecule has 0 aliphatic carbocycles. The van der Waals surface area contributed by atoms with Crippen molar-refractivity contribution in [2.75, 3.05) is 32.8 Å². The Labute approximate surface area is 225 Å². The molecule has 5 rings (SSSR count). The van der Waals surface area contributed by atoms with E-state index in [4.69, 9.17) is 9.47 Å². The second-order valence-electron chi connectivity index (χ2n) is 9.41. The molecule has 0 N–H and O–H groups in total. The molecule has 1 fully saturated rings. The van der Waals surface area contributed by atoms with Gasteiger partial charge in [0.2, 0.25) is 0 Å². The van der Waals surface area contributed by atoms with Crippen LogP contribution in [0.5, 0.6) is 11.5 Å². The number of piperazine rings is 1. The van der Waals surface area contributed by atoms with E-state index in [1.54, 1.807) is 0 Å². The number of carbonyl (C=O) groups is 1. The highest BCUT2D eigenvalue weighted by atomic mass is 16.5. The molecule has 0 aromatic heterocycles. The van der Waals surface area contributed by atoms with Gasteiger partial charge in [-0.1, -0.05) is 78.9 Å². The molecule has 1 aliphatic rings. The van der Waals surface area contributed by atoms with Gasteiger partial charge in [-0.25, -0.2) is 0 Å². The van der Waals surface area contributed by atoms with Crippen molar-refractivity contribution in [1.82, 2.24) is 9.80 Å². The summed E-state index contributed by atoms with van der Waals surface area (Å²) in [6.45, 7) is 5.82. The lowest BCUT2D eigenvalue weighted by molar-refractivity contribution is 0.0597. The van der Waals surface area contributed by atoms with Crippen LogP contribution in [0.3, 0.4) is 0 Å². The summed E-state index contributed by atoms with van der Waals surface area (Å²) >= 11 is 0. The lowest BCUT2D eigenvalue weighted by atomic mass is 9.96. The Hall–Kier alpha value is -4.09. The number of para-hydroxylation sites is 1. The minimum atomic E-state index is 0.0460. The molecule has 4 aromatic carbocycles. The maximum absolute atomic E-state index is 13.5. The molecule has 4 aromatic rings. The van der Waals surface area contributed by atoms with Crippen molar-refractivity contribution in [3.63, 3.8) is 0 Å². The van der Waals surface area contributed by atoms with Crippen molar-refractivity contribution in [2.24, 2.45) is 0 Å². The van der Waals surface area contributed by atoms with Gasteiger partial charge in [0, 0.05) is 37.3 Å². The highest BCUT2D eigenvalue weighted by Crippen LogP contribution is 2.30. The number of hydrogen-bond donors (Lipinski definition) is 0. The lowest BCUT2D eigenvalue weighted by Crippen LogP contribution is -2.49. The molecule has 0 spiro atoms. The Kier molecular flexibility index (Phi) is 8.36. The number of amides is 1. The maximum atomic E-state index is 13.5. The zero-order chi connectivity index (χ0) is 26.2. The van der Waals surface area contributed by atoms with Crippen LogP contribution in [0.4, 0.5) is 0 Å². The molecule has 0 saturated carbocycles. The van der Waals surface area contributed by atoms with E-state index in [1.807, 2.05) is 60.4 Å². The van der Waals surface area contributed by atoms with Crippen LogP contribution in [0, 0.1) is 0 Å². The van der Waals surface area contributed by atoms with Crippen molar-refractivity contribution >= 4 is 5.91 Å². The molecule has 38 heavy (non-hydrogen) atoms. The van der Waals surface area contributed by atoms with Crippen LogP contribution in [0.25, 0.3) is 0 Å². The van der Waals surface area contributed by atoms with E-state index in [0.29, 0.717) is 31.9 Å². The van der Waals surface area contributed by atoms with Gasteiger partial charge in [0.25, 0.3) is 5.91 Å². The molecule has 0 radical (unpaired) electrons. The van der Waals surface area contributed by atoms with Gasteiger partial charge in [-0.2, -0.15) is 0 Å².